The van der Waals surface area contributed by atoms with Crippen molar-refractivity contribution in [1.82, 2.24) is 9.13 Å². The standard InChI is InChI=1S/C39H28N2/c1-39(2)33-14-8-7-13-29(33)30-19-16-26-17-20-31-32-24-28(40-23-22-25-10-6-9-15-34(25)40)18-21-35(32)41(27-11-4-3-5-12-27)38(31)36(26)37(30)39/h3-24H,1-2H3. The molecule has 2 nitrogen and oxygen atoms in total. The Labute approximate surface area is 238 Å². The number of hydrogen-bond acceptors (Lipinski definition) is 0. The Kier molecular flexibility index (Phi) is 4.42. The van der Waals surface area contributed by atoms with E-state index in [0.29, 0.717) is 0 Å². The van der Waals surface area contributed by atoms with E-state index in [1.807, 2.05) is 0 Å². The first-order valence-corrected chi connectivity index (χ1v) is 14.4. The lowest BCUT2D eigenvalue weighted by molar-refractivity contribution is 0.666. The van der Waals surface area contributed by atoms with Gasteiger partial charge in [0.2, 0.25) is 0 Å². The van der Waals surface area contributed by atoms with Crippen molar-refractivity contribution in [2.24, 2.45) is 0 Å². The average Bonchev–Trinajstić information content (AvgIpc) is 3.66. The highest BCUT2D eigenvalue weighted by molar-refractivity contribution is 6.21. The smallest absolute Gasteiger partial charge is 0.0622 e. The van der Waals surface area contributed by atoms with Crippen molar-refractivity contribution in [1.29, 1.82) is 0 Å². The summed E-state index contributed by atoms with van der Waals surface area (Å²) in [6.07, 6.45) is 2.18. The summed E-state index contributed by atoms with van der Waals surface area (Å²) < 4.78 is 4.79. The van der Waals surface area contributed by atoms with Crippen molar-refractivity contribution >= 4 is 43.5 Å². The van der Waals surface area contributed by atoms with Crippen LogP contribution in [0, 0.1) is 0 Å². The Balaban J connectivity index is 1.45. The van der Waals surface area contributed by atoms with Gasteiger partial charge in [-0.2, -0.15) is 0 Å². The minimum atomic E-state index is -0.104. The van der Waals surface area contributed by atoms with Crippen molar-refractivity contribution in [2.75, 3.05) is 0 Å². The third-order valence-corrected chi connectivity index (χ3v) is 9.30. The summed E-state index contributed by atoms with van der Waals surface area (Å²) in [5, 5.41) is 6.45. The molecule has 2 aromatic heterocycles. The zero-order valence-electron chi connectivity index (χ0n) is 23.1. The molecule has 0 unspecified atom stereocenters. The van der Waals surface area contributed by atoms with Crippen LogP contribution in [0.2, 0.25) is 0 Å². The Hall–Kier alpha value is -5.08. The second-order valence-electron chi connectivity index (χ2n) is 11.8. The number of fused-ring (bicyclic) bond motifs is 10. The van der Waals surface area contributed by atoms with Crippen LogP contribution < -0.4 is 0 Å². The van der Waals surface area contributed by atoms with Gasteiger partial charge in [-0.15, -0.1) is 0 Å². The van der Waals surface area contributed by atoms with Crippen LogP contribution in [0.4, 0.5) is 0 Å². The Bertz CT molecular complexity index is 2330. The van der Waals surface area contributed by atoms with Crippen LogP contribution in [0.5, 0.6) is 0 Å². The third-order valence-electron chi connectivity index (χ3n) is 9.30. The van der Waals surface area contributed by atoms with Gasteiger partial charge < -0.3 is 9.13 Å². The highest BCUT2D eigenvalue weighted by Gasteiger charge is 2.37. The van der Waals surface area contributed by atoms with E-state index < -0.39 is 0 Å². The summed E-state index contributed by atoms with van der Waals surface area (Å²) in [6.45, 7) is 4.78. The fourth-order valence-electron chi connectivity index (χ4n) is 7.48. The lowest BCUT2D eigenvalue weighted by Crippen LogP contribution is -2.15. The highest BCUT2D eigenvalue weighted by Crippen LogP contribution is 2.53. The second-order valence-corrected chi connectivity index (χ2v) is 11.8. The topological polar surface area (TPSA) is 9.86 Å². The van der Waals surface area contributed by atoms with Crippen molar-refractivity contribution in [2.45, 2.75) is 19.3 Å². The molecular weight excluding hydrogens is 496 g/mol. The Morgan fingerprint density at radius 1 is 0.537 bits per heavy atom. The fraction of sp³-hybridized carbons (Fsp3) is 0.0769. The Morgan fingerprint density at radius 3 is 2.22 bits per heavy atom. The maximum absolute atomic E-state index is 2.49. The van der Waals surface area contributed by atoms with Gasteiger partial charge >= 0.3 is 0 Å². The van der Waals surface area contributed by atoms with Gasteiger partial charge in [0.25, 0.3) is 0 Å². The van der Waals surface area contributed by atoms with Crippen molar-refractivity contribution in [3.05, 3.63) is 145 Å². The summed E-state index contributed by atoms with van der Waals surface area (Å²) >= 11 is 0. The number of benzene rings is 6. The zero-order chi connectivity index (χ0) is 27.3. The van der Waals surface area contributed by atoms with Gasteiger partial charge in [-0.05, 0) is 75.5 Å². The summed E-state index contributed by atoms with van der Waals surface area (Å²) in [5.41, 5.74) is 11.5. The maximum Gasteiger partial charge on any atom is 0.0622 e. The molecule has 0 atom stereocenters. The number of hydrogen-bond donors (Lipinski definition) is 0. The number of para-hydroxylation sites is 2. The first-order valence-electron chi connectivity index (χ1n) is 14.4. The predicted octanol–water partition coefficient (Wildman–Crippen LogP) is 10.2. The van der Waals surface area contributed by atoms with Crippen LogP contribution in [0.25, 0.3) is 66.0 Å². The van der Waals surface area contributed by atoms with Gasteiger partial charge in [-0.1, -0.05) is 98.8 Å². The molecule has 2 heterocycles. The molecule has 1 aliphatic carbocycles. The predicted molar refractivity (Wildman–Crippen MR) is 173 cm³/mol. The third kappa shape index (κ3) is 2.97. The molecule has 6 aromatic carbocycles. The van der Waals surface area contributed by atoms with E-state index in [1.165, 1.54) is 77.1 Å². The molecule has 194 valence electrons. The molecule has 1 aliphatic rings. The monoisotopic (exact) mass is 524 g/mol. The normalized spacial score (nSPS) is 13.8. The first kappa shape index (κ1) is 22.7. The highest BCUT2D eigenvalue weighted by atomic mass is 15.0. The van der Waals surface area contributed by atoms with Gasteiger partial charge in [0.1, 0.15) is 0 Å². The molecule has 0 saturated heterocycles. The van der Waals surface area contributed by atoms with E-state index in [0.717, 1.165) is 0 Å². The second kappa shape index (κ2) is 7.99. The first-order chi connectivity index (χ1) is 20.1. The van der Waals surface area contributed by atoms with E-state index in [4.69, 9.17) is 0 Å². The summed E-state index contributed by atoms with van der Waals surface area (Å²) in [5.74, 6) is 0. The van der Waals surface area contributed by atoms with E-state index >= 15 is 0 Å². The molecule has 2 heteroatoms. The van der Waals surface area contributed by atoms with Gasteiger partial charge in [-0.3, -0.25) is 0 Å². The van der Waals surface area contributed by atoms with Crippen LogP contribution >= 0.6 is 0 Å². The van der Waals surface area contributed by atoms with E-state index in [-0.39, 0.29) is 5.41 Å². The fourth-order valence-corrected chi connectivity index (χ4v) is 7.48. The van der Waals surface area contributed by atoms with Gasteiger partial charge in [0.05, 0.1) is 16.6 Å². The molecule has 0 amide bonds. The number of aromatic nitrogens is 2. The number of nitrogens with zero attached hydrogens (tertiary/aromatic N) is 2. The van der Waals surface area contributed by atoms with Crippen LogP contribution in [0.3, 0.4) is 0 Å². The molecule has 0 bridgehead atoms. The minimum absolute atomic E-state index is 0.104. The molecule has 0 fully saturated rings. The van der Waals surface area contributed by atoms with Crippen molar-refractivity contribution in [3.63, 3.8) is 0 Å². The van der Waals surface area contributed by atoms with Crippen molar-refractivity contribution in [3.8, 4) is 22.5 Å². The molecule has 0 aliphatic heterocycles. The molecular formula is C39H28N2. The maximum atomic E-state index is 2.49. The van der Waals surface area contributed by atoms with E-state index in [9.17, 15) is 0 Å². The van der Waals surface area contributed by atoms with E-state index in [2.05, 4.69) is 157 Å². The van der Waals surface area contributed by atoms with Crippen LogP contribution in [-0.4, -0.2) is 9.13 Å². The molecule has 8 aromatic rings. The largest absolute Gasteiger partial charge is 0.317 e. The quantitative estimate of drug-likeness (QED) is 0.213. The lowest BCUT2D eigenvalue weighted by Gasteiger charge is -2.24. The molecule has 0 spiro atoms. The SMILES string of the molecule is CC1(C)c2ccccc2-c2ccc3ccc4c5cc(-n6ccc7ccccc76)ccc5n(-c5ccccc5)c4c3c21. The lowest BCUT2D eigenvalue weighted by atomic mass is 9.80. The van der Waals surface area contributed by atoms with Gasteiger partial charge in [0, 0.05) is 39.1 Å². The summed E-state index contributed by atoms with van der Waals surface area (Å²) in [6, 6.07) is 46.8. The van der Waals surface area contributed by atoms with Crippen LogP contribution in [-0.2, 0) is 5.41 Å². The Morgan fingerprint density at radius 2 is 1.32 bits per heavy atom. The number of rotatable bonds is 2. The average molecular weight is 525 g/mol. The van der Waals surface area contributed by atoms with E-state index in [1.54, 1.807) is 0 Å². The van der Waals surface area contributed by atoms with Crippen LogP contribution in [0.15, 0.2) is 134 Å². The molecule has 0 saturated carbocycles. The molecule has 9 rings (SSSR count). The molecule has 41 heavy (non-hydrogen) atoms. The summed E-state index contributed by atoms with van der Waals surface area (Å²) in [4.78, 5) is 0. The van der Waals surface area contributed by atoms with Gasteiger partial charge in [-0.25, -0.2) is 0 Å². The van der Waals surface area contributed by atoms with Crippen LogP contribution in [0.1, 0.15) is 25.0 Å². The van der Waals surface area contributed by atoms with Gasteiger partial charge in [0.15, 0.2) is 0 Å². The molecule has 0 radical (unpaired) electrons. The zero-order valence-corrected chi connectivity index (χ0v) is 23.1. The van der Waals surface area contributed by atoms with Crippen molar-refractivity contribution < 1.29 is 0 Å². The molecule has 0 N–H and O–H groups in total. The summed E-state index contributed by atoms with van der Waals surface area (Å²) in [7, 11) is 0. The minimum Gasteiger partial charge on any atom is -0.317 e.